The molecule has 0 fully saturated rings. The first-order valence-corrected chi connectivity index (χ1v) is 3.47. The summed E-state index contributed by atoms with van der Waals surface area (Å²) in [6.45, 7) is 2.00. The average Bonchev–Trinajstić information content (AvgIpc) is 1.83. The molecule has 1 N–H and O–H groups in total. The largest absolute Gasteiger partial charge is 0.310 e. The molecule has 0 bridgehead atoms. The fourth-order valence-electron chi connectivity index (χ4n) is 0.457. The highest BCUT2D eigenvalue weighted by Gasteiger charge is 1.89. The van der Waals surface area contributed by atoms with E-state index < -0.39 is 0 Å². The van der Waals surface area contributed by atoms with Gasteiger partial charge in [-0.3, -0.25) is 0 Å². The Morgan fingerprint density at radius 1 is 1.62 bits per heavy atom. The SMILES string of the molecule is CCC(=N)CCCCl. The van der Waals surface area contributed by atoms with E-state index in [1.54, 1.807) is 0 Å². The molecule has 1 nitrogen and oxygen atoms in total. The van der Waals surface area contributed by atoms with Crippen LogP contribution in [0.3, 0.4) is 0 Å². The zero-order chi connectivity index (χ0) is 6.41. The first kappa shape index (κ1) is 7.96. The molecule has 0 aliphatic rings. The number of rotatable bonds is 4. The Bertz CT molecular complexity index is 70.9. The lowest BCUT2D eigenvalue weighted by Crippen LogP contribution is -1.92. The van der Waals surface area contributed by atoms with Crippen molar-refractivity contribution in [3.63, 3.8) is 0 Å². The molecule has 0 atom stereocenters. The van der Waals surface area contributed by atoms with Gasteiger partial charge >= 0.3 is 0 Å². The molecule has 0 aromatic carbocycles. The lowest BCUT2D eigenvalue weighted by atomic mass is 10.2. The highest BCUT2D eigenvalue weighted by atomic mass is 35.5. The van der Waals surface area contributed by atoms with Gasteiger partial charge in [0, 0.05) is 11.6 Å². The maximum absolute atomic E-state index is 7.18. The minimum Gasteiger partial charge on any atom is -0.310 e. The monoisotopic (exact) mass is 133 g/mol. The third-order valence-electron chi connectivity index (χ3n) is 1.04. The second kappa shape index (κ2) is 5.10. The Labute approximate surface area is 55.6 Å². The molecule has 0 saturated carbocycles. The topological polar surface area (TPSA) is 23.9 Å². The lowest BCUT2D eigenvalue weighted by Gasteiger charge is -1.94. The van der Waals surface area contributed by atoms with Gasteiger partial charge in [0.05, 0.1) is 0 Å². The zero-order valence-corrected chi connectivity index (χ0v) is 5.96. The third kappa shape index (κ3) is 4.13. The molecule has 0 aromatic rings. The normalized spacial score (nSPS) is 9.25. The number of hydrogen-bond donors (Lipinski definition) is 1. The summed E-state index contributed by atoms with van der Waals surface area (Å²) in [6.07, 6.45) is 2.70. The minimum absolute atomic E-state index is 0.683. The van der Waals surface area contributed by atoms with Crippen LogP contribution in [0.5, 0.6) is 0 Å². The summed E-state index contributed by atoms with van der Waals surface area (Å²) in [5.74, 6) is 0.683. The molecule has 0 spiro atoms. The third-order valence-corrected chi connectivity index (χ3v) is 1.31. The van der Waals surface area contributed by atoms with Crippen LogP contribution in [0.15, 0.2) is 0 Å². The van der Waals surface area contributed by atoms with Crippen molar-refractivity contribution in [2.45, 2.75) is 26.2 Å². The predicted octanol–water partition coefficient (Wildman–Crippen LogP) is 2.44. The number of halogens is 1. The second-order valence-corrected chi connectivity index (χ2v) is 2.13. The number of nitrogens with one attached hydrogen (secondary N) is 1. The van der Waals surface area contributed by atoms with Gasteiger partial charge in [-0.15, -0.1) is 11.6 Å². The Hall–Kier alpha value is -0.0400. The van der Waals surface area contributed by atoms with Crippen LogP contribution in [0.1, 0.15) is 26.2 Å². The molecule has 2 heteroatoms. The molecule has 0 saturated heterocycles. The van der Waals surface area contributed by atoms with Crippen molar-refractivity contribution in [3.8, 4) is 0 Å². The van der Waals surface area contributed by atoms with E-state index in [1.165, 1.54) is 0 Å². The zero-order valence-electron chi connectivity index (χ0n) is 5.21. The summed E-state index contributed by atoms with van der Waals surface area (Å²) in [5.41, 5.74) is 0.811. The molecule has 0 aliphatic carbocycles. The molecule has 0 aromatic heterocycles. The Morgan fingerprint density at radius 3 is 2.62 bits per heavy atom. The highest BCUT2D eigenvalue weighted by molar-refractivity contribution is 6.17. The first-order chi connectivity index (χ1) is 3.81. The van der Waals surface area contributed by atoms with Crippen LogP contribution >= 0.6 is 11.6 Å². The van der Waals surface area contributed by atoms with Crippen molar-refractivity contribution in [3.05, 3.63) is 0 Å². The molecule has 0 rings (SSSR count). The van der Waals surface area contributed by atoms with Crippen LogP contribution < -0.4 is 0 Å². The van der Waals surface area contributed by atoms with Gasteiger partial charge in [0.1, 0.15) is 0 Å². The van der Waals surface area contributed by atoms with Crippen LogP contribution in [0, 0.1) is 5.41 Å². The quantitative estimate of drug-likeness (QED) is 0.450. The van der Waals surface area contributed by atoms with Crippen molar-refractivity contribution in [2.24, 2.45) is 0 Å². The summed E-state index contributed by atoms with van der Waals surface area (Å²) in [5, 5.41) is 7.18. The van der Waals surface area contributed by atoms with Gasteiger partial charge in [0.25, 0.3) is 0 Å². The van der Waals surface area contributed by atoms with E-state index in [0.29, 0.717) is 5.88 Å². The van der Waals surface area contributed by atoms with E-state index in [9.17, 15) is 0 Å². The van der Waals surface area contributed by atoms with Crippen LogP contribution in [0.4, 0.5) is 0 Å². The lowest BCUT2D eigenvalue weighted by molar-refractivity contribution is 0.965. The average molecular weight is 134 g/mol. The van der Waals surface area contributed by atoms with Crippen molar-refractivity contribution < 1.29 is 0 Å². The number of hydrogen-bond acceptors (Lipinski definition) is 1. The van der Waals surface area contributed by atoms with Gasteiger partial charge in [-0.05, 0) is 19.3 Å². The van der Waals surface area contributed by atoms with Crippen LogP contribution in [0.2, 0.25) is 0 Å². The van der Waals surface area contributed by atoms with Crippen molar-refractivity contribution in [1.82, 2.24) is 0 Å². The highest BCUT2D eigenvalue weighted by Crippen LogP contribution is 1.95. The number of alkyl halides is 1. The minimum atomic E-state index is 0.683. The summed E-state index contributed by atoms with van der Waals surface area (Å²) in [6, 6.07) is 0. The molecule has 0 unspecified atom stereocenters. The summed E-state index contributed by atoms with van der Waals surface area (Å²) in [7, 11) is 0. The van der Waals surface area contributed by atoms with Crippen molar-refractivity contribution >= 4 is 17.3 Å². The molecule has 0 aliphatic heterocycles. The van der Waals surface area contributed by atoms with E-state index >= 15 is 0 Å². The first-order valence-electron chi connectivity index (χ1n) is 2.93. The summed E-state index contributed by atoms with van der Waals surface area (Å²) < 4.78 is 0. The van der Waals surface area contributed by atoms with Crippen molar-refractivity contribution in [2.75, 3.05) is 5.88 Å². The molecule has 0 radical (unpaired) electrons. The Balaban J connectivity index is 2.99. The summed E-state index contributed by atoms with van der Waals surface area (Å²) in [4.78, 5) is 0. The van der Waals surface area contributed by atoms with Gasteiger partial charge in [0.2, 0.25) is 0 Å². The molecular formula is C6H12ClN. The fourth-order valence-corrected chi connectivity index (χ4v) is 0.591. The summed E-state index contributed by atoms with van der Waals surface area (Å²) >= 11 is 5.41. The van der Waals surface area contributed by atoms with Gasteiger partial charge in [-0.1, -0.05) is 6.92 Å². The molecule has 48 valence electrons. The maximum atomic E-state index is 7.18. The second-order valence-electron chi connectivity index (χ2n) is 1.75. The molecule has 8 heavy (non-hydrogen) atoms. The van der Waals surface area contributed by atoms with E-state index in [0.717, 1.165) is 25.0 Å². The van der Waals surface area contributed by atoms with E-state index in [-0.39, 0.29) is 0 Å². The maximum Gasteiger partial charge on any atom is 0.0227 e. The Kier molecular flexibility index (Phi) is 5.08. The van der Waals surface area contributed by atoms with Crippen molar-refractivity contribution in [1.29, 1.82) is 5.41 Å². The molecule has 0 heterocycles. The van der Waals surface area contributed by atoms with Gasteiger partial charge in [-0.25, -0.2) is 0 Å². The van der Waals surface area contributed by atoms with Gasteiger partial charge in [-0.2, -0.15) is 0 Å². The Morgan fingerprint density at radius 2 is 2.25 bits per heavy atom. The van der Waals surface area contributed by atoms with E-state index in [1.807, 2.05) is 6.92 Å². The smallest absolute Gasteiger partial charge is 0.0227 e. The van der Waals surface area contributed by atoms with Crippen LogP contribution in [-0.2, 0) is 0 Å². The van der Waals surface area contributed by atoms with Gasteiger partial charge in [0.15, 0.2) is 0 Å². The molecule has 0 amide bonds. The fraction of sp³-hybridized carbons (Fsp3) is 0.833. The van der Waals surface area contributed by atoms with E-state index in [2.05, 4.69) is 0 Å². The standard InChI is InChI=1S/C6H12ClN/c1-2-6(8)4-3-5-7/h8H,2-5H2,1H3. The van der Waals surface area contributed by atoms with Crippen LogP contribution in [0.25, 0.3) is 0 Å². The van der Waals surface area contributed by atoms with Crippen LogP contribution in [-0.4, -0.2) is 11.6 Å². The van der Waals surface area contributed by atoms with E-state index in [4.69, 9.17) is 17.0 Å². The van der Waals surface area contributed by atoms with Gasteiger partial charge < -0.3 is 5.41 Å². The predicted molar refractivity (Wildman–Crippen MR) is 38.0 cm³/mol. The molecular weight excluding hydrogens is 122 g/mol.